The van der Waals surface area contributed by atoms with Crippen LogP contribution in [-0.4, -0.2) is 32.9 Å². The summed E-state index contributed by atoms with van der Waals surface area (Å²) in [5.74, 6) is 0.171. The smallest absolute Gasteiger partial charge is 0.367 e. The first-order chi connectivity index (χ1) is 14.8. The second kappa shape index (κ2) is 8.66. The molecule has 0 saturated heterocycles. The van der Waals surface area contributed by atoms with Crippen molar-refractivity contribution < 1.29 is 18.0 Å². The highest BCUT2D eigenvalue weighted by Crippen LogP contribution is 2.35. The molecule has 2 aromatic heterocycles. The number of amides is 1. The topological polar surface area (TPSA) is 118 Å². The molecule has 1 amide bonds. The molecule has 2 aliphatic carbocycles. The zero-order chi connectivity index (χ0) is 22.0. The number of alkyl halides is 3. The number of rotatable bonds is 6. The Balaban J connectivity index is 1.47. The van der Waals surface area contributed by atoms with Gasteiger partial charge < -0.3 is 21.7 Å². The van der Waals surface area contributed by atoms with E-state index in [1.54, 1.807) is 12.1 Å². The lowest BCUT2D eigenvalue weighted by molar-refractivity contribution is -0.137. The Morgan fingerprint density at radius 2 is 1.77 bits per heavy atom. The standard InChI is InChI=1S/C20H24F3N7O/c21-20(22,23)15-10-26-19(30-17(15)27-13-5-3-12(24)4-6-13)28-14-7-8-16(25-9-14)29-18(31)11-1-2-11/h7-13H,1-6,24H2,(H,25,29,31)(H2,26,27,28,30)/t12-,13-. The summed E-state index contributed by atoms with van der Waals surface area (Å²) in [7, 11) is 0. The number of aromatic nitrogens is 3. The molecule has 0 bridgehead atoms. The SMILES string of the molecule is N[C@H]1CC[C@H](Nc2nc(Nc3ccc(NC(=O)C4CC4)nc3)ncc2C(F)(F)F)CC1. The Kier molecular flexibility index (Phi) is 5.94. The number of nitrogens with two attached hydrogens (primary N) is 1. The van der Waals surface area contributed by atoms with Crippen molar-refractivity contribution in [3.05, 3.63) is 30.1 Å². The lowest BCUT2D eigenvalue weighted by Gasteiger charge is -2.28. The van der Waals surface area contributed by atoms with Crippen molar-refractivity contribution in [3.8, 4) is 0 Å². The van der Waals surface area contributed by atoms with Gasteiger partial charge in [-0.2, -0.15) is 18.2 Å². The van der Waals surface area contributed by atoms with Crippen molar-refractivity contribution in [2.24, 2.45) is 11.7 Å². The van der Waals surface area contributed by atoms with Crippen molar-refractivity contribution in [2.45, 2.75) is 56.8 Å². The molecule has 8 nitrogen and oxygen atoms in total. The highest BCUT2D eigenvalue weighted by Gasteiger charge is 2.36. The predicted molar refractivity (Wildman–Crippen MR) is 110 cm³/mol. The molecule has 11 heteroatoms. The third kappa shape index (κ3) is 5.60. The van der Waals surface area contributed by atoms with Crippen molar-refractivity contribution in [3.63, 3.8) is 0 Å². The third-order valence-electron chi connectivity index (χ3n) is 5.43. The van der Waals surface area contributed by atoms with Crippen LogP contribution in [0.2, 0.25) is 0 Å². The van der Waals surface area contributed by atoms with Crippen molar-refractivity contribution in [2.75, 3.05) is 16.0 Å². The van der Waals surface area contributed by atoms with Gasteiger partial charge in [0.2, 0.25) is 11.9 Å². The number of nitrogens with zero attached hydrogens (tertiary/aromatic N) is 3. The van der Waals surface area contributed by atoms with E-state index in [9.17, 15) is 18.0 Å². The molecule has 2 saturated carbocycles. The minimum Gasteiger partial charge on any atom is -0.367 e. The first kappa shape index (κ1) is 21.3. The van der Waals surface area contributed by atoms with Crippen LogP contribution in [0.1, 0.15) is 44.1 Å². The summed E-state index contributed by atoms with van der Waals surface area (Å²) < 4.78 is 40.3. The molecule has 0 spiro atoms. The second-order valence-corrected chi connectivity index (χ2v) is 8.03. The largest absolute Gasteiger partial charge is 0.421 e. The van der Waals surface area contributed by atoms with Crippen LogP contribution in [0, 0.1) is 5.92 Å². The Bertz CT molecular complexity index is 923. The van der Waals surface area contributed by atoms with Crippen LogP contribution in [0.3, 0.4) is 0 Å². The third-order valence-corrected chi connectivity index (χ3v) is 5.43. The number of hydrogen-bond acceptors (Lipinski definition) is 7. The van der Waals surface area contributed by atoms with Gasteiger partial charge in [0, 0.05) is 24.2 Å². The molecule has 0 aromatic carbocycles. The molecule has 5 N–H and O–H groups in total. The molecule has 166 valence electrons. The van der Waals surface area contributed by atoms with Crippen LogP contribution in [0.15, 0.2) is 24.5 Å². The molecule has 0 atom stereocenters. The fraction of sp³-hybridized carbons (Fsp3) is 0.500. The van der Waals surface area contributed by atoms with Gasteiger partial charge in [-0.1, -0.05) is 0 Å². The number of nitrogens with one attached hydrogen (secondary N) is 3. The van der Waals surface area contributed by atoms with Gasteiger partial charge >= 0.3 is 6.18 Å². The van der Waals surface area contributed by atoms with Gasteiger partial charge in [0.1, 0.15) is 17.2 Å². The van der Waals surface area contributed by atoms with Gasteiger partial charge in [0.15, 0.2) is 0 Å². The van der Waals surface area contributed by atoms with E-state index in [4.69, 9.17) is 5.73 Å². The van der Waals surface area contributed by atoms with E-state index in [1.165, 1.54) is 6.20 Å². The van der Waals surface area contributed by atoms with E-state index >= 15 is 0 Å². The van der Waals surface area contributed by atoms with Gasteiger partial charge in [0.25, 0.3) is 0 Å². The Morgan fingerprint density at radius 3 is 2.39 bits per heavy atom. The number of carbonyl (C=O) groups excluding carboxylic acids is 1. The highest BCUT2D eigenvalue weighted by molar-refractivity contribution is 5.93. The van der Waals surface area contributed by atoms with Crippen LogP contribution in [-0.2, 0) is 11.0 Å². The molecular formula is C20H24F3N7O. The summed E-state index contributed by atoms with van der Waals surface area (Å²) >= 11 is 0. The maximum atomic E-state index is 13.4. The summed E-state index contributed by atoms with van der Waals surface area (Å²) in [6.45, 7) is 0. The van der Waals surface area contributed by atoms with Gasteiger partial charge in [-0.15, -0.1) is 0 Å². The van der Waals surface area contributed by atoms with Crippen molar-refractivity contribution in [1.82, 2.24) is 15.0 Å². The van der Waals surface area contributed by atoms with Gasteiger partial charge in [-0.05, 0) is 50.7 Å². The molecule has 2 fully saturated rings. The number of halogens is 3. The Morgan fingerprint density at radius 1 is 1.03 bits per heavy atom. The maximum Gasteiger partial charge on any atom is 0.421 e. The van der Waals surface area contributed by atoms with Gasteiger partial charge in [-0.25, -0.2) is 9.97 Å². The maximum absolute atomic E-state index is 13.4. The number of anilines is 4. The lowest BCUT2D eigenvalue weighted by atomic mass is 9.92. The monoisotopic (exact) mass is 435 g/mol. The Hall–Kier alpha value is -2.95. The average molecular weight is 435 g/mol. The number of carbonyl (C=O) groups is 1. The molecule has 2 aliphatic rings. The minimum atomic E-state index is -4.57. The van der Waals surface area contributed by atoms with E-state index in [0.29, 0.717) is 24.3 Å². The van der Waals surface area contributed by atoms with E-state index in [0.717, 1.165) is 31.9 Å². The van der Waals surface area contributed by atoms with Gasteiger partial charge in [-0.3, -0.25) is 4.79 Å². The first-order valence-electron chi connectivity index (χ1n) is 10.3. The fourth-order valence-electron chi connectivity index (χ4n) is 3.46. The highest BCUT2D eigenvalue weighted by atomic mass is 19.4. The average Bonchev–Trinajstić information content (AvgIpc) is 3.56. The van der Waals surface area contributed by atoms with Crippen LogP contribution in [0.4, 0.5) is 36.4 Å². The molecule has 31 heavy (non-hydrogen) atoms. The molecule has 0 aliphatic heterocycles. The first-order valence-corrected chi connectivity index (χ1v) is 10.3. The fourth-order valence-corrected chi connectivity index (χ4v) is 3.46. The van der Waals surface area contributed by atoms with Crippen molar-refractivity contribution in [1.29, 1.82) is 0 Å². The number of hydrogen-bond donors (Lipinski definition) is 4. The van der Waals surface area contributed by atoms with E-state index in [2.05, 4.69) is 30.9 Å². The summed E-state index contributed by atoms with van der Waals surface area (Å²) in [5.41, 5.74) is 5.45. The zero-order valence-corrected chi connectivity index (χ0v) is 16.7. The quantitative estimate of drug-likeness (QED) is 0.547. The Labute approximate surface area is 177 Å². The number of pyridine rings is 1. The van der Waals surface area contributed by atoms with Crippen LogP contribution < -0.4 is 21.7 Å². The molecule has 2 aromatic rings. The van der Waals surface area contributed by atoms with E-state index < -0.39 is 11.7 Å². The van der Waals surface area contributed by atoms with E-state index in [1.807, 2.05) is 0 Å². The van der Waals surface area contributed by atoms with E-state index in [-0.39, 0.29) is 35.7 Å². The van der Waals surface area contributed by atoms with Crippen LogP contribution in [0.5, 0.6) is 0 Å². The zero-order valence-electron chi connectivity index (χ0n) is 16.7. The normalized spacial score (nSPS) is 21.4. The summed E-state index contributed by atoms with van der Waals surface area (Å²) in [6, 6.07) is 3.22. The van der Waals surface area contributed by atoms with Crippen LogP contribution >= 0.6 is 0 Å². The molecule has 0 unspecified atom stereocenters. The summed E-state index contributed by atoms with van der Waals surface area (Å²) in [4.78, 5) is 23.8. The van der Waals surface area contributed by atoms with Crippen molar-refractivity contribution >= 4 is 29.2 Å². The second-order valence-electron chi connectivity index (χ2n) is 8.03. The van der Waals surface area contributed by atoms with Gasteiger partial charge in [0.05, 0.1) is 11.9 Å². The summed E-state index contributed by atoms with van der Waals surface area (Å²) in [6.07, 6.45) is 2.31. The predicted octanol–water partition coefficient (Wildman–Crippen LogP) is 3.66. The minimum absolute atomic E-state index is 0.0135. The van der Waals surface area contributed by atoms with Crippen LogP contribution in [0.25, 0.3) is 0 Å². The lowest BCUT2D eigenvalue weighted by Crippen LogP contribution is -2.33. The molecule has 2 heterocycles. The molecule has 4 rings (SSSR count). The molecule has 0 radical (unpaired) electrons. The molecular weight excluding hydrogens is 411 g/mol. The summed E-state index contributed by atoms with van der Waals surface area (Å²) in [5, 5.41) is 8.50.